The first-order chi connectivity index (χ1) is 16.7. The molecule has 1 aliphatic heterocycles. The summed E-state index contributed by atoms with van der Waals surface area (Å²) in [5.41, 5.74) is 6.16. The largest absolute Gasteiger partial charge is 0.357 e. The van der Waals surface area contributed by atoms with E-state index in [-0.39, 0.29) is 29.7 Å². The second-order valence-corrected chi connectivity index (χ2v) is 9.95. The molecule has 0 spiro atoms. The van der Waals surface area contributed by atoms with Crippen LogP contribution in [0.5, 0.6) is 0 Å². The minimum Gasteiger partial charge on any atom is -0.357 e. The van der Waals surface area contributed by atoms with E-state index in [1.165, 1.54) is 22.1 Å². The molecule has 2 heterocycles. The van der Waals surface area contributed by atoms with Gasteiger partial charge in [0.1, 0.15) is 0 Å². The molecule has 0 saturated carbocycles. The van der Waals surface area contributed by atoms with Gasteiger partial charge in [0.2, 0.25) is 11.8 Å². The van der Waals surface area contributed by atoms with Crippen molar-refractivity contribution >= 4 is 22.7 Å². The lowest BCUT2D eigenvalue weighted by atomic mass is 9.80. The number of rotatable bonds is 3. The van der Waals surface area contributed by atoms with E-state index in [2.05, 4.69) is 58.9 Å². The van der Waals surface area contributed by atoms with Crippen molar-refractivity contribution in [2.24, 2.45) is 11.8 Å². The molecule has 2 N–H and O–H groups in total. The molecule has 0 saturated heterocycles. The number of H-pyrrole nitrogens is 1. The molecule has 1 aromatic heterocycles. The molecule has 5 heteroatoms. The van der Waals surface area contributed by atoms with Crippen LogP contribution in [0.15, 0.2) is 60.7 Å². The third-order valence-electron chi connectivity index (χ3n) is 7.97. The van der Waals surface area contributed by atoms with Gasteiger partial charge in [-0.2, -0.15) is 0 Å². The van der Waals surface area contributed by atoms with Gasteiger partial charge in [-0.1, -0.05) is 54.6 Å². The summed E-state index contributed by atoms with van der Waals surface area (Å²) in [4.78, 5) is 32.6. The molecule has 0 radical (unpaired) electrons. The lowest BCUT2D eigenvalue weighted by Gasteiger charge is -2.35. The van der Waals surface area contributed by atoms with Crippen molar-refractivity contribution in [1.82, 2.24) is 15.2 Å². The number of hydrogen-bond acceptors (Lipinski definition) is 2. The summed E-state index contributed by atoms with van der Waals surface area (Å²) in [6.07, 6.45) is 9.35. The predicted molar refractivity (Wildman–Crippen MR) is 133 cm³/mol. The van der Waals surface area contributed by atoms with Crippen LogP contribution in [0.25, 0.3) is 10.9 Å². The number of benzene rings is 2. The number of aryl methyl sites for hydroxylation is 1. The fraction of sp³-hybridized carbons (Fsp3) is 0.379. The Morgan fingerprint density at radius 1 is 0.941 bits per heavy atom. The van der Waals surface area contributed by atoms with Gasteiger partial charge in [-0.25, -0.2) is 0 Å². The zero-order valence-corrected chi connectivity index (χ0v) is 19.4. The SMILES string of the molecule is O=C(N[C@@H]1CCCc2ccccc21)C1CC=CCC1C(=O)N1CCc2c([nH]c3ccccc23)C1. The molecule has 34 heavy (non-hydrogen) atoms. The van der Waals surface area contributed by atoms with Gasteiger partial charge in [0.25, 0.3) is 0 Å². The third kappa shape index (κ3) is 3.73. The lowest BCUT2D eigenvalue weighted by molar-refractivity contribution is -0.143. The average molecular weight is 454 g/mol. The van der Waals surface area contributed by atoms with Crippen molar-refractivity contribution in [2.75, 3.05) is 6.54 Å². The Labute approximate surface area is 200 Å². The third-order valence-corrected chi connectivity index (χ3v) is 7.97. The Kier molecular flexibility index (Phi) is 5.48. The van der Waals surface area contributed by atoms with Gasteiger partial charge in [0, 0.05) is 23.1 Å². The highest BCUT2D eigenvalue weighted by Crippen LogP contribution is 2.34. The number of fused-ring (bicyclic) bond motifs is 4. The van der Waals surface area contributed by atoms with Gasteiger partial charge >= 0.3 is 0 Å². The smallest absolute Gasteiger partial charge is 0.227 e. The van der Waals surface area contributed by atoms with Crippen molar-refractivity contribution in [3.05, 3.63) is 83.1 Å². The molecule has 5 nitrogen and oxygen atoms in total. The van der Waals surface area contributed by atoms with E-state index in [0.717, 1.165) is 36.9 Å². The zero-order chi connectivity index (χ0) is 23.1. The summed E-state index contributed by atoms with van der Waals surface area (Å²) in [6, 6.07) is 16.8. The summed E-state index contributed by atoms with van der Waals surface area (Å²) in [6.45, 7) is 1.30. The molecular formula is C29H31N3O2. The van der Waals surface area contributed by atoms with Crippen molar-refractivity contribution in [3.63, 3.8) is 0 Å². The normalized spacial score (nSPS) is 23.9. The standard InChI is InChI=1S/C29H31N3O2/c33-28(31-25-15-7-9-19-8-1-2-10-20(19)25)23-12-3-4-13-24(23)29(34)32-17-16-22-21-11-5-6-14-26(21)30-27(22)18-32/h1-6,8,10-11,14,23-25,30H,7,9,12-13,15-18H2,(H,31,33)/t23?,24?,25-/m1/s1. The maximum absolute atomic E-state index is 13.7. The number of allylic oxidation sites excluding steroid dienone is 2. The first-order valence-corrected chi connectivity index (χ1v) is 12.6. The van der Waals surface area contributed by atoms with Crippen LogP contribution in [-0.4, -0.2) is 28.2 Å². The number of nitrogens with one attached hydrogen (secondary N) is 2. The fourth-order valence-corrected chi connectivity index (χ4v) is 6.18. The second kappa shape index (κ2) is 8.79. The van der Waals surface area contributed by atoms with E-state index in [4.69, 9.17) is 0 Å². The Bertz CT molecular complexity index is 1270. The Balaban J connectivity index is 1.19. The summed E-state index contributed by atoms with van der Waals surface area (Å²) in [7, 11) is 0. The minimum absolute atomic E-state index is 0.0210. The van der Waals surface area contributed by atoms with Crippen LogP contribution in [0.2, 0.25) is 0 Å². The van der Waals surface area contributed by atoms with E-state index < -0.39 is 0 Å². The minimum atomic E-state index is -0.310. The highest BCUT2D eigenvalue weighted by atomic mass is 16.2. The topological polar surface area (TPSA) is 65.2 Å². The molecule has 3 aromatic rings. The molecule has 174 valence electrons. The summed E-state index contributed by atoms with van der Waals surface area (Å²) in [5, 5.41) is 4.58. The van der Waals surface area contributed by atoms with Crippen molar-refractivity contribution < 1.29 is 9.59 Å². The van der Waals surface area contributed by atoms with Crippen LogP contribution in [0, 0.1) is 11.8 Å². The molecule has 2 unspecified atom stereocenters. The molecule has 6 rings (SSSR count). The quantitative estimate of drug-likeness (QED) is 0.558. The van der Waals surface area contributed by atoms with Gasteiger partial charge in [-0.05, 0) is 61.3 Å². The number of para-hydroxylation sites is 1. The van der Waals surface area contributed by atoms with Crippen LogP contribution in [0.4, 0.5) is 0 Å². The molecule has 2 aliphatic carbocycles. The van der Waals surface area contributed by atoms with E-state index >= 15 is 0 Å². The number of carbonyl (C=O) groups is 2. The van der Waals surface area contributed by atoms with Crippen LogP contribution in [-0.2, 0) is 29.0 Å². The van der Waals surface area contributed by atoms with Crippen molar-refractivity contribution in [1.29, 1.82) is 0 Å². The predicted octanol–water partition coefficient (Wildman–Crippen LogP) is 4.83. The number of amides is 2. The van der Waals surface area contributed by atoms with Gasteiger partial charge in [0.15, 0.2) is 0 Å². The first-order valence-electron chi connectivity index (χ1n) is 12.6. The van der Waals surface area contributed by atoms with Crippen LogP contribution in [0.3, 0.4) is 0 Å². The van der Waals surface area contributed by atoms with E-state index in [1.54, 1.807) is 0 Å². The molecule has 2 amide bonds. The van der Waals surface area contributed by atoms with Gasteiger partial charge in [-0.3, -0.25) is 9.59 Å². The van der Waals surface area contributed by atoms with E-state index in [0.29, 0.717) is 25.9 Å². The highest BCUT2D eigenvalue weighted by Gasteiger charge is 2.38. The Morgan fingerprint density at radius 3 is 2.65 bits per heavy atom. The summed E-state index contributed by atoms with van der Waals surface area (Å²) >= 11 is 0. The lowest BCUT2D eigenvalue weighted by Crippen LogP contribution is -2.46. The summed E-state index contributed by atoms with van der Waals surface area (Å²) < 4.78 is 0. The maximum atomic E-state index is 13.7. The Morgan fingerprint density at radius 2 is 1.74 bits per heavy atom. The van der Waals surface area contributed by atoms with Crippen LogP contribution >= 0.6 is 0 Å². The number of carbonyl (C=O) groups excluding carboxylic acids is 2. The average Bonchev–Trinajstić information content (AvgIpc) is 3.26. The zero-order valence-electron chi connectivity index (χ0n) is 19.4. The van der Waals surface area contributed by atoms with Gasteiger partial charge in [-0.15, -0.1) is 0 Å². The van der Waals surface area contributed by atoms with Crippen LogP contribution in [0.1, 0.15) is 54.1 Å². The molecular weight excluding hydrogens is 422 g/mol. The second-order valence-electron chi connectivity index (χ2n) is 9.95. The fourth-order valence-electron chi connectivity index (χ4n) is 6.18. The summed E-state index contributed by atoms with van der Waals surface area (Å²) in [5.74, 6) is -0.476. The number of nitrogens with zero attached hydrogens (tertiary/aromatic N) is 1. The highest BCUT2D eigenvalue weighted by molar-refractivity contribution is 5.89. The van der Waals surface area contributed by atoms with Crippen LogP contribution < -0.4 is 5.32 Å². The monoisotopic (exact) mass is 453 g/mol. The van der Waals surface area contributed by atoms with Crippen molar-refractivity contribution in [2.45, 2.75) is 51.1 Å². The first kappa shape index (κ1) is 21.2. The van der Waals surface area contributed by atoms with Crippen molar-refractivity contribution in [3.8, 4) is 0 Å². The molecule has 3 aliphatic rings. The molecule has 3 atom stereocenters. The maximum Gasteiger partial charge on any atom is 0.227 e. The number of aromatic amines is 1. The van der Waals surface area contributed by atoms with E-state index in [1.807, 2.05) is 17.0 Å². The molecule has 0 bridgehead atoms. The molecule has 2 aromatic carbocycles. The van der Waals surface area contributed by atoms with Gasteiger partial charge < -0.3 is 15.2 Å². The molecule has 0 fully saturated rings. The Hall–Kier alpha value is -3.34. The van der Waals surface area contributed by atoms with Gasteiger partial charge in [0.05, 0.1) is 24.4 Å². The number of hydrogen-bond donors (Lipinski definition) is 2. The number of aromatic nitrogens is 1. The van der Waals surface area contributed by atoms with E-state index in [9.17, 15) is 9.59 Å².